The number of fused-ring (bicyclic) bond motifs is 1. The number of anilines is 2. The Balaban J connectivity index is 1.70. The summed E-state index contributed by atoms with van der Waals surface area (Å²) in [5, 5.41) is 3.18. The van der Waals surface area contributed by atoms with E-state index in [0.29, 0.717) is 11.4 Å². The number of ketones is 1. The smallest absolute Gasteiger partial charge is 0.261 e. The van der Waals surface area contributed by atoms with Gasteiger partial charge in [0.1, 0.15) is 11.6 Å². The minimum atomic E-state index is -4.14. The van der Waals surface area contributed by atoms with Crippen molar-refractivity contribution in [1.29, 1.82) is 0 Å². The molecule has 4 rings (SSSR count). The number of Topliss-reactive ketones (excluding diaryl/α,β-unsaturated/α-hetero) is 1. The van der Waals surface area contributed by atoms with Crippen LogP contribution in [-0.2, 0) is 10.0 Å². The van der Waals surface area contributed by atoms with E-state index in [1.54, 1.807) is 19.1 Å². The summed E-state index contributed by atoms with van der Waals surface area (Å²) in [4.78, 5) is 17.0. The van der Waals surface area contributed by atoms with E-state index in [-0.39, 0.29) is 16.5 Å². The third kappa shape index (κ3) is 3.98. The second-order valence-corrected chi connectivity index (χ2v) is 9.21. The average Bonchev–Trinajstić information content (AvgIpc) is 3.13. The van der Waals surface area contributed by atoms with Gasteiger partial charge in [0.2, 0.25) is 0 Å². The molecule has 0 radical (unpaired) electrons. The number of halogens is 3. The van der Waals surface area contributed by atoms with Gasteiger partial charge in [-0.1, -0.05) is 29.3 Å². The maximum absolute atomic E-state index is 15.2. The van der Waals surface area contributed by atoms with E-state index in [4.69, 9.17) is 11.6 Å². The summed E-state index contributed by atoms with van der Waals surface area (Å²) in [5.74, 6) is -3.75. The lowest BCUT2D eigenvalue weighted by Gasteiger charge is -2.14. The summed E-state index contributed by atoms with van der Waals surface area (Å²) in [6.07, 6.45) is 1.39. The molecule has 31 heavy (non-hydrogen) atoms. The van der Waals surface area contributed by atoms with Gasteiger partial charge in [-0.2, -0.15) is 0 Å². The van der Waals surface area contributed by atoms with Crippen LogP contribution in [-0.4, -0.2) is 25.7 Å². The van der Waals surface area contributed by atoms with Gasteiger partial charge in [-0.05, 0) is 37.3 Å². The number of carbonyl (C=O) groups is 1. The number of aromatic nitrogens is 1. The van der Waals surface area contributed by atoms with E-state index in [0.717, 1.165) is 17.7 Å². The first-order valence-electron chi connectivity index (χ1n) is 9.18. The predicted octanol–water partition coefficient (Wildman–Crippen LogP) is 4.51. The molecule has 2 N–H and O–H groups in total. The molecule has 1 aliphatic rings. The molecule has 0 aliphatic carbocycles. The maximum atomic E-state index is 15.2. The minimum Gasteiger partial charge on any atom is -0.369 e. The van der Waals surface area contributed by atoms with Crippen molar-refractivity contribution in [3.8, 4) is 0 Å². The number of pyridine rings is 1. The topological polar surface area (TPSA) is 88.2 Å². The molecule has 160 valence electrons. The molecular formula is C21H16ClF2N3O3S. The average molecular weight is 464 g/mol. The molecule has 0 bridgehead atoms. The fraction of sp³-hybridized carbons (Fsp3) is 0.143. The van der Waals surface area contributed by atoms with Crippen LogP contribution in [0.2, 0.25) is 5.02 Å². The molecule has 3 aromatic rings. The molecule has 0 saturated heterocycles. The second-order valence-electron chi connectivity index (χ2n) is 7.09. The van der Waals surface area contributed by atoms with Crippen LogP contribution in [0.4, 0.5) is 20.3 Å². The molecule has 0 amide bonds. The third-order valence-corrected chi connectivity index (χ3v) is 6.55. The molecule has 0 saturated carbocycles. The molecule has 10 heteroatoms. The zero-order valence-corrected chi connectivity index (χ0v) is 17.7. The summed E-state index contributed by atoms with van der Waals surface area (Å²) < 4.78 is 56.9. The predicted molar refractivity (Wildman–Crippen MR) is 113 cm³/mol. The number of rotatable bonds is 5. The van der Waals surface area contributed by atoms with Crippen molar-refractivity contribution in [3.63, 3.8) is 0 Å². The van der Waals surface area contributed by atoms with Gasteiger partial charge in [-0.25, -0.2) is 22.2 Å². The van der Waals surface area contributed by atoms with E-state index in [1.165, 1.54) is 24.4 Å². The summed E-state index contributed by atoms with van der Waals surface area (Å²) in [5.41, 5.74) is -0.0914. The summed E-state index contributed by atoms with van der Waals surface area (Å²) in [6.45, 7) is 1.87. The zero-order chi connectivity index (χ0) is 22.3. The van der Waals surface area contributed by atoms with Crippen LogP contribution in [0.1, 0.15) is 27.4 Å². The molecule has 6 nitrogen and oxygen atoms in total. The molecule has 0 spiro atoms. The maximum Gasteiger partial charge on any atom is 0.261 e. The number of nitrogens with one attached hydrogen (secondary N) is 2. The number of aryl methyl sites for hydroxylation is 1. The first kappa shape index (κ1) is 21.2. The van der Waals surface area contributed by atoms with E-state index < -0.39 is 44.6 Å². The van der Waals surface area contributed by atoms with Gasteiger partial charge in [0, 0.05) is 18.3 Å². The van der Waals surface area contributed by atoms with Crippen molar-refractivity contribution in [3.05, 3.63) is 82.0 Å². The second kappa shape index (κ2) is 7.90. The molecule has 1 atom stereocenters. The van der Waals surface area contributed by atoms with Gasteiger partial charge in [-0.15, -0.1) is 0 Å². The minimum absolute atomic E-state index is 0.0830. The van der Waals surface area contributed by atoms with Gasteiger partial charge >= 0.3 is 0 Å². The molecule has 1 aliphatic heterocycles. The van der Waals surface area contributed by atoms with Crippen molar-refractivity contribution in [2.45, 2.75) is 17.7 Å². The molecule has 1 aromatic heterocycles. The Morgan fingerprint density at radius 1 is 1.19 bits per heavy atom. The van der Waals surface area contributed by atoms with Gasteiger partial charge in [0.25, 0.3) is 10.0 Å². The van der Waals surface area contributed by atoms with E-state index >= 15 is 4.39 Å². The van der Waals surface area contributed by atoms with Crippen molar-refractivity contribution in [2.24, 2.45) is 0 Å². The Bertz CT molecular complexity index is 1300. The fourth-order valence-electron chi connectivity index (χ4n) is 3.36. The van der Waals surface area contributed by atoms with Crippen LogP contribution in [0.15, 0.2) is 53.6 Å². The van der Waals surface area contributed by atoms with Gasteiger partial charge in [0.15, 0.2) is 11.6 Å². The highest BCUT2D eigenvalue weighted by atomic mass is 35.5. The quantitative estimate of drug-likeness (QED) is 0.543. The molecule has 1 unspecified atom stereocenters. The number of hydrogen-bond acceptors (Lipinski definition) is 5. The van der Waals surface area contributed by atoms with Crippen LogP contribution >= 0.6 is 11.6 Å². The highest BCUT2D eigenvalue weighted by molar-refractivity contribution is 7.92. The number of sulfonamides is 1. The van der Waals surface area contributed by atoms with Crippen LogP contribution in [0.5, 0.6) is 0 Å². The SMILES string of the molecule is Cc1ccc(S(=O)(=O)Nc2ccc(F)c(C(=O)C3CNc4ncc(Cl)cc43)c2F)cc1. The highest BCUT2D eigenvalue weighted by Gasteiger charge is 2.34. The first-order chi connectivity index (χ1) is 14.7. The van der Waals surface area contributed by atoms with E-state index in [9.17, 15) is 17.6 Å². The molecule has 2 heterocycles. The number of benzene rings is 2. The van der Waals surface area contributed by atoms with Crippen molar-refractivity contribution >= 4 is 38.9 Å². The number of hydrogen-bond donors (Lipinski definition) is 2. The largest absolute Gasteiger partial charge is 0.369 e. The van der Waals surface area contributed by atoms with Gasteiger partial charge in [0.05, 0.1) is 27.1 Å². The molecular weight excluding hydrogens is 448 g/mol. The summed E-state index contributed by atoms with van der Waals surface area (Å²) in [7, 11) is -4.14. The lowest BCUT2D eigenvalue weighted by Crippen LogP contribution is -2.20. The van der Waals surface area contributed by atoms with Gasteiger partial charge < -0.3 is 5.32 Å². The normalized spacial score (nSPS) is 15.3. The molecule has 0 fully saturated rings. The zero-order valence-electron chi connectivity index (χ0n) is 16.1. The monoisotopic (exact) mass is 463 g/mol. The van der Waals surface area contributed by atoms with Crippen LogP contribution in [0.25, 0.3) is 0 Å². The Labute approximate surface area is 182 Å². The lowest BCUT2D eigenvalue weighted by atomic mass is 9.92. The number of carbonyl (C=O) groups excluding carboxylic acids is 1. The lowest BCUT2D eigenvalue weighted by molar-refractivity contribution is 0.0958. The van der Waals surface area contributed by atoms with Crippen LogP contribution in [0.3, 0.4) is 0 Å². The van der Waals surface area contributed by atoms with Gasteiger partial charge in [-0.3, -0.25) is 9.52 Å². The standard InChI is InChI=1S/C21H16ClF2N3O3S/c1-11-2-4-13(5-3-11)31(29,30)27-17-7-6-16(23)18(19(17)24)20(28)15-10-26-21-14(15)8-12(22)9-25-21/h2-9,15,27H,10H2,1H3,(H,25,26). The Kier molecular flexibility index (Phi) is 5.40. The summed E-state index contributed by atoms with van der Waals surface area (Å²) >= 11 is 5.94. The van der Waals surface area contributed by atoms with Crippen molar-refractivity contribution in [2.75, 3.05) is 16.6 Å². The third-order valence-electron chi connectivity index (χ3n) is 4.96. The van der Waals surface area contributed by atoms with Crippen molar-refractivity contribution < 1.29 is 22.0 Å². The Morgan fingerprint density at radius 2 is 1.90 bits per heavy atom. The fourth-order valence-corrected chi connectivity index (χ4v) is 4.59. The van der Waals surface area contributed by atoms with E-state index in [2.05, 4.69) is 15.0 Å². The first-order valence-corrected chi connectivity index (χ1v) is 11.0. The Morgan fingerprint density at radius 3 is 2.61 bits per heavy atom. The van der Waals surface area contributed by atoms with Crippen LogP contribution in [0, 0.1) is 18.6 Å². The summed E-state index contributed by atoms with van der Waals surface area (Å²) in [6, 6.07) is 9.20. The Hall–Kier alpha value is -3.04. The number of nitrogens with zero attached hydrogens (tertiary/aromatic N) is 1. The van der Waals surface area contributed by atoms with E-state index in [1.807, 2.05) is 0 Å². The van der Waals surface area contributed by atoms with Crippen LogP contribution < -0.4 is 10.0 Å². The molecule has 2 aromatic carbocycles. The highest BCUT2D eigenvalue weighted by Crippen LogP contribution is 2.36. The van der Waals surface area contributed by atoms with Crippen molar-refractivity contribution in [1.82, 2.24) is 4.98 Å².